The molecule has 0 aromatic heterocycles. The second-order valence-corrected chi connectivity index (χ2v) is 6.90. The average Bonchev–Trinajstić information content (AvgIpc) is 2.45. The third-order valence-electron chi connectivity index (χ3n) is 3.68. The fourth-order valence-electron chi connectivity index (χ4n) is 2.41. The smallest absolute Gasteiger partial charge is 0.224 e. The number of carbonyl (C=O) groups is 1. The highest BCUT2D eigenvalue weighted by molar-refractivity contribution is 7.99. The van der Waals surface area contributed by atoms with Gasteiger partial charge in [-0.3, -0.25) is 4.79 Å². The molecule has 0 bridgehead atoms. The van der Waals surface area contributed by atoms with Crippen molar-refractivity contribution >= 4 is 23.4 Å². The van der Waals surface area contributed by atoms with Crippen LogP contribution in [0.2, 0.25) is 0 Å². The molecule has 0 aliphatic carbocycles. The molecule has 4 heteroatoms. The van der Waals surface area contributed by atoms with E-state index in [2.05, 4.69) is 32.2 Å². The minimum atomic E-state index is 0.0989. The molecule has 0 spiro atoms. The van der Waals surface area contributed by atoms with Gasteiger partial charge in [0.2, 0.25) is 5.91 Å². The summed E-state index contributed by atoms with van der Waals surface area (Å²) in [7, 11) is 0. The Kier molecular flexibility index (Phi) is 8.47. The average molecular weight is 308 g/mol. The Morgan fingerprint density at radius 1 is 1.29 bits per heavy atom. The fraction of sp³-hybridized carbons (Fsp3) is 0.588. The summed E-state index contributed by atoms with van der Waals surface area (Å²) >= 11 is 1.75. The van der Waals surface area contributed by atoms with Crippen molar-refractivity contribution in [2.75, 3.05) is 17.6 Å². The number of nitrogens with one attached hydrogen (secondary N) is 1. The molecule has 1 atom stereocenters. The highest BCUT2D eigenvalue weighted by Crippen LogP contribution is 2.27. The van der Waals surface area contributed by atoms with Crippen LogP contribution >= 0.6 is 11.8 Å². The number of carbonyl (C=O) groups excluding carboxylic acids is 1. The Bertz CT molecular complexity index is 435. The fourth-order valence-corrected chi connectivity index (χ4v) is 3.17. The zero-order valence-corrected chi connectivity index (χ0v) is 14.2. The van der Waals surface area contributed by atoms with Crippen molar-refractivity contribution in [1.29, 1.82) is 0 Å². The summed E-state index contributed by atoms with van der Waals surface area (Å²) < 4.78 is 0. The Hall–Kier alpha value is -1.00. The topological polar surface area (TPSA) is 55.1 Å². The Balaban J connectivity index is 2.53. The SMILES string of the molecule is CCSc1ccccc1NC(=O)CCC(CCN)C(C)C. The molecule has 1 aromatic carbocycles. The van der Waals surface area contributed by atoms with Crippen molar-refractivity contribution in [3.05, 3.63) is 24.3 Å². The lowest BCUT2D eigenvalue weighted by Gasteiger charge is -2.19. The third-order valence-corrected chi connectivity index (χ3v) is 4.64. The Morgan fingerprint density at radius 2 is 2.00 bits per heavy atom. The molecular weight excluding hydrogens is 280 g/mol. The first-order chi connectivity index (χ1) is 10.1. The van der Waals surface area contributed by atoms with Gasteiger partial charge < -0.3 is 11.1 Å². The van der Waals surface area contributed by atoms with E-state index >= 15 is 0 Å². The van der Waals surface area contributed by atoms with E-state index in [0.29, 0.717) is 24.8 Å². The van der Waals surface area contributed by atoms with Crippen molar-refractivity contribution in [2.24, 2.45) is 17.6 Å². The summed E-state index contributed by atoms with van der Waals surface area (Å²) in [5, 5.41) is 3.04. The van der Waals surface area contributed by atoms with Gasteiger partial charge in [0.25, 0.3) is 0 Å². The normalized spacial score (nSPS) is 12.4. The monoisotopic (exact) mass is 308 g/mol. The maximum Gasteiger partial charge on any atom is 0.224 e. The number of para-hydroxylation sites is 1. The van der Waals surface area contributed by atoms with E-state index in [-0.39, 0.29) is 5.91 Å². The molecule has 3 nitrogen and oxygen atoms in total. The van der Waals surface area contributed by atoms with Gasteiger partial charge in [-0.15, -0.1) is 11.8 Å². The molecule has 3 N–H and O–H groups in total. The van der Waals surface area contributed by atoms with Crippen LogP contribution in [0.25, 0.3) is 0 Å². The molecule has 0 fully saturated rings. The summed E-state index contributed by atoms with van der Waals surface area (Å²) in [5.41, 5.74) is 6.57. The second kappa shape index (κ2) is 9.85. The van der Waals surface area contributed by atoms with E-state index in [0.717, 1.165) is 29.2 Å². The van der Waals surface area contributed by atoms with Crippen molar-refractivity contribution in [3.63, 3.8) is 0 Å². The first-order valence-corrected chi connectivity index (χ1v) is 8.78. The number of thioether (sulfide) groups is 1. The number of hydrogen-bond donors (Lipinski definition) is 2. The largest absolute Gasteiger partial charge is 0.330 e. The van der Waals surface area contributed by atoms with Crippen LogP contribution in [0.3, 0.4) is 0 Å². The summed E-state index contributed by atoms with van der Waals surface area (Å²) in [4.78, 5) is 13.3. The highest BCUT2D eigenvalue weighted by Gasteiger charge is 2.15. The van der Waals surface area contributed by atoms with E-state index in [1.54, 1.807) is 11.8 Å². The molecule has 0 aliphatic heterocycles. The summed E-state index contributed by atoms with van der Waals surface area (Å²) in [6.45, 7) is 7.21. The molecule has 0 saturated heterocycles. The quantitative estimate of drug-likeness (QED) is 0.674. The molecule has 0 aliphatic rings. The Labute approximate surface area is 133 Å². The van der Waals surface area contributed by atoms with Gasteiger partial charge in [-0.05, 0) is 49.1 Å². The van der Waals surface area contributed by atoms with E-state index in [9.17, 15) is 4.79 Å². The van der Waals surface area contributed by atoms with Gasteiger partial charge in [0.05, 0.1) is 5.69 Å². The molecular formula is C17H28N2OS. The summed E-state index contributed by atoms with van der Waals surface area (Å²) in [6, 6.07) is 7.98. The number of rotatable bonds is 9. The van der Waals surface area contributed by atoms with E-state index in [1.165, 1.54) is 0 Å². The van der Waals surface area contributed by atoms with Gasteiger partial charge in [0, 0.05) is 11.3 Å². The molecule has 1 amide bonds. The lowest BCUT2D eigenvalue weighted by atomic mass is 9.88. The Morgan fingerprint density at radius 3 is 2.62 bits per heavy atom. The van der Waals surface area contributed by atoms with Crippen molar-refractivity contribution in [3.8, 4) is 0 Å². The number of amides is 1. The first-order valence-electron chi connectivity index (χ1n) is 7.80. The van der Waals surface area contributed by atoms with Gasteiger partial charge >= 0.3 is 0 Å². The minimum Gasteiger partial charge on any atom is -0.330 e. The van der Waals surface area contributed by atoms with E-state index < -0.39 is 0 Å². The minimum absolute atomic E-state index is 0.0989. The van der Waals surface area contributed by atoms with Gasteiger partial charge in [0.1, 0.15) is 0 Å². The van der Waals surface area contributed by atoms with Gasteiger partial charge in [-0.1, -0.05) is 32.9 Å². The number of hydrogen-bond acceptors (Lipinski definition) is 3. The third kappa shape index (κ3) is 6.53. The maximum absolute atomic E-state index is 12.1. The van der Waals surface area contributed by atoms with Crippen LogP contribution < -0.4 is 11.1 Å². The van der Waals surface area contributed by atoms with Gasteiger partial charge in [-0.25, -0.2) is 0 Å². The maximum atomic E-state index is 12.1. The predicted molar refractivity (Wildman–Crippen MR) is 92.7 cm³/mol. The first kappa shape index (κ1) is 18.1. The molecule has 21 heavy (non-hydrogen) atoms. The molecule has 0 heterocycles. The highest BCUT2D eigenvalue weighted by atomic mass is 32.2. The molecule has 118 valence electrons. The van der Waals surface area contributed by atoms with Crippen molar-refractivity contribution in [1.82, 2.24) is 0 Å². The lowest BCUT2D eigenvalue weighted by molar-refractivity contribution is -0.116. The van der Waals surface area contributed by atoms with Crippen LogP contribution in [0.4, 0.5) is 5.69 Å². The van der Waals surface area contributed by atoms with Gasteiger partial charge in [0.15, 0.2) is 0 Å². The van der Waals surface area contributed by atoms with Crippen LogP contribution in [-0.4, -0.2) is 18.2 Å². The van der Waals surface area contributed by atoms with Crippen molar-refractivity contribution in [2.45, 2.75) is 44.9 Å². The molecule has 1 aromatic rings. The van der Waals surface area contributed by atoms with Crippen LogP contribution in [-0.2, 0) is 4.79 Å². The van der Waals surface area contributed by atoms with Crippen LogP contribution in [0, 0.1) is 11.8 Å². The van der Waals surface area contributed by atoms with Crippen molar-refractivity contribution < 1.29 is 4.79 Å². The number of nitrogens with two attached hydrogens (primary N) is 1. The second-order valence-electron chi connectivity index (χ2n) is 5.60. The zero-order valence-electron chi connectivity index (χ0n) is 13.4. The van der Waals surface area contributed by atoms with Crippen LogP contribution in [0.1, 0.15) is 40.0 Å². The summed E-state index contributed by atoms with van der Waals surface area (Å²) in [6.07, 6.45) is 2.46. The zero-order chi connectivity index (χ0) is 15.7. The predicted octanol–water partition coefficient (Wildman–Crippen LogP) is 4.14. The number of benzene rings is 1. The van der Waals surface area contributed by atoms with Crippen LogP contribution in [0.5, 0.6) is 0 Å². The van der Waals surface area contributed by atoms with Crippen LogP contribution in [0.15, 0.2) is 29.2 Å². The molecule has 1 unspecified atom stereocenters. The van der Waals surface area contributed by atoms with Gasteiger partial charge in [-0.2, -0.15) is 0 Å². The van der Waals surface area contributed by atoms with E-state index in [1.807, 2.05) is 18.2 Å². The standard InChI is InChI=1S/C17H28N2OS/c1-4-21-16-8-6-5-7-15(16)19-17(20)10-9-14(11-12-18)13(2)3/h5-8,13-14H,4,9-12,18H2,1-3H3,(H,19,20). The van der Waals surface area contributed by atoms with E-state index in [4.69, 9.17) is 5.73 Å². The molecule has 1 rings (SSSR count). The lowest BCUT2D eigenvalue weighted by Crippen LogP contribution is -2.18. The molecule has 0 radical (unpaired) electrons. The summed E-state index contributed by atoms with van der Waals surface area (Å²) in [5.74, 6) is 2.20. The molecule has 0 saturated carbocycles. The number of anilines is 1.